The minimum Gasteiger partial charge on any atom is -0.480 e. The first-order valence-corrected chi connectivity index (χ1v) is 6.29. The molecule has 96 valence electrons. The number of thiazole rings is 1. The van der Waals surface area contributed by atoms with Crippen molar-refractivity contribution in [2.45, 2.75) is 19.9 Å². The Labute approximate surface area is 105 Å². The van der Waals surface area contributed by atoms with E-state index in [-0.39, 0.29) is 12.6 Å². The van der Waals surface area contributed by atoms with Gasteiger partial charge in [0.05, 0.1) is 29.9 Å². The van der Waals surface area contributed by atoms with Crippen molar-refractivity contribution in [3.8, 4) is 0 Å². The van der Waals surface area contributed by atoms with Gasteiger partial charge in [-0.25, -0.2) is 4.98 Å². The molecule has 0 radical (unpaired) electrons. The molecule has 1 N–H and O–H groups in total. The molecule has 1 rings (SSSR count). The van der Waals surface area contributed by atoms with Crippen LogP contribution in [0.1, 0.15) is 23.7 Å². The van der Waals surface area contributed by atoms with E-state index in [1.165, 1.54) is 0 Å². The van der Waals surface area contributed by atoms with E-state index in [1.807, 2.05) is 24.1 Å². The molecule has 17 heavy (non-hydrogen) atoms. The molecule has 6 heteroatoms. The summed E-state index contributed by atoms with van der Waals surface area (Å²) in [7, 11) is 1.61. The molecule has 0 spiro atoms. The number of nitrogens with zero attached hydrogens (tertiary/aromatic N) is 2. The van der Waals surface area contributed by atoms with Gasteiger partial charge in [-0.2, -0.15) is 0 Å². The first-order valence-electron chi connectivity index (χ1n) is 5.41. The summed E-state index contributed by atoms with van der Waals surface area (Å²) in [6.07, 6.45) is 0. The number of aryl methyl sites for hydroxylation is 1. The van der Waals surface area contributed by atoms with Gasteiger partial charge in [0.2, 0.25) is 0 Å². The third-order valence-electron chi connectivity index (χ3n) is 2.53. The molecule has 5 nitrogen and oxygen atoms in total. The average molecular weight is 258 g/mol. The quantitative estimate of drug-likeness (QED) is 0.804. The smallest absolute Gasteiger partial charge is 0.317 e. The maximum Gasteiger partial charge on any atom is 0.317 e. The number of methoxy groups -OCH3 is 1. The van der Waals surface area contributed by atoms with Crippen LogP contribution >= 0.6 is 11.3 Å². The van der Waals surface area contributed by atoms with Crippen LogP contribution in [0, 0.1) is 6.92 Å². The van der Waals surface area contributed by atoms with Gasteiger partial charge >= 0.3 is 5.97 Å². The Morgan fingerprint density at radius 1 is 1.71 bits per heavy atom. The number of hydrogen-bond donors (Lipinski definition) is 1. The summed E-state index contributed by atoms with van der Waals surface area (Å²) in [5.74, 6) is -0.833. The highest BCUT2D eigenvalue weighted by molar-refractivity contribution is 7.09. The summed E-state index contributed by atoms with van der Waals surface area (Å²) in [4.78, 5) is 17.1. The van der Waals surface area contributed by atoms with Gasteiger partial charge in [0, 0.05) is 19.0 Å². The van der Waals surface area contributed by atoms with Crippen LogP contribution in [0.4, 0.5) is 0 Å². The maximum absolute atomic E-state index is 10.8. The SMILES string of the molecule is COCCN(CC(=O)O)C(C)c1csc(C)n1. The first-order chi connectivity index (χ1) is 8.04. The summed E-state index contributed by atoms with van der Waals surface area (Å²) in [5.41, 5.74) is 0.921. The van der Waals surface area contributed by atoms with E-state index >= 15 is 0 Å². The molecule has 1 atom stereocenters. The van der Waals surface area contributed by atoms with Gasteiger partial charge < -0.3 is 9.84 Å². The molecule has 0 aliphatic heterocycles. The molecule has 1 heterocycles. The Balaban J connectivity index is 2.70. The second-order valence-corrected chi connectivity index (χ2v) is 4.89. The van der Waals surface area contributed by atoms with Crippen molar-refractivity contribution in [1.82, 2.24) is 9.88 Å². The molecule has 0 saturated heterocycles. The highest BCUT2D eigenvalue weighted by Gasteiger charge is 2.20. The molecular weight excluding hydrogens is 240 g/mol. The van der Waals surface area contributed by atoms with Crippen LogP contribution in [0.3, 0.4) is 0 Å². The van der Waals surface area contributed by atoms with E-state index in [1.54, 1.807) is 18.4 Å². The van der Waals surface area contributed by atoms with E-state index in [4.69, 9.17) is 9.84 Å². The second kappa shape index (κ2) is 6.68. The van der Waals surface area contributed by atoms with Gasteiger partial charge in [0.25, 0.3) is 0 Å². The fraction of sp³-hybridized carbons (Fsp3) is 0.636. The molecule has 0 aliphatic carbocycles. The van der Waals surface area contributed by atoms with Crippen molar-refractivity contribution in [3.05, 3.63) is 16.1 Å². The zero-order valence-electron chi connectivity index (χ0n) is 10.3. The third kappa shape index (κ3) is 4.41. The van der Waals surface area contributed by atoms with Crippen molar-refractivity contribution in [2.24, 2.45) is 0 Å². The third-order valence-corrected chi connectivity index (χ3v) is 3.33. The van der Waals surface area contributed by atoms with Gasteiger partial charge in [-0.15, -0.1) is 11.3 Å². The van der Waals surface area contributed by atoms with Crippen LogP contribution in [-0.4, -0.2) is 47.8 Å². The van der Waals surface area contributed by atoms with Crippen LogP contribution in [0.5, 0.6) is 0 Å². The Hall–Kier alpha value is -0.980. The van der Waals surface area contributed by atoms with Crippen molar-refractivity contribution in [3.63, 3.8) is 0 Å². The highest BCUT2D eigenvalue weighted by atomic mass is 32.1. The molecule has 0 amide bonds. The largest absolute Gasteiger partial charge is 0.480 e. The van der Waals surface area contributed by atoms with Crippen molar-refractivity contribution < 1.29 is 14.6 Å². The zero-order valence-corrected chi connectivity index (χ0v) is 11.2. The average Bonchev–Trinajstić information content (AvgIpc) is 2.69. The summed E-state index contributed by atoms with van der Waals surface area (Å²) in [6.45, 7) is 5.01. The van der Waals surface area contributed by atoms with Gasteiger partial charge in [-0.05, 0) is 13.8 Å². The summed E-state index contributed by atoms with van der Waals surface area (Å²) in [6, 6.07) is -0.00815. The van der Waals surface area contributed by atoms with Crippen molar-refractivity contribution >= 4 is 17.3 Å². The van der Waals surface area contributed by atoms with Gasteiger partial charge in [0.15, 0.2) is 0 Å². The molecule has 1 aromatic rings. The fourth-order valence-electron chi connectivity index (χ4n) is 1.55. The normalized spacial score (nSPS) is 12.9. The number of carboxylic acids is 1. The standard InChI is InChI=1S/C11H18N2O3S/c1-8(10-7-17-9(2)12-10)13(4-5-16-3)6-11(14)15/h7-8H,4-6H2,1-3H3,(H,14,15). The summed E-state index contributed by atoms with van der Waals surface area (Å²) >= 11 is 1.58. The first kappa shape index (κ1) is 14.1. The van der Waals surface area contributed by atoms with Crippen LogP contribution in [-0.2, 0) is 9.53 Å². The van der Waals surface area contributed by atoms with Crippen LogP contribution in [0.25, 0.3) is 0 Å². The second-order valence-electron chi connectivity index (χ2n) is 3.82. The lowest BCUT2D eigenvalue weighted by Gasteiger charge is -2.25. The maximum atomic E-state index is 10.8. The molecule has 0 bridgehead atoms. The van der Waals surface area contributed by atoms with E-state index in [0.717, 1.165) is 10.7 Å². The Morgan fingerprint density at radius 3 is 2.88 bits per heavy atom. The topological polar surface area (TPSA) is 62.7 Å². The number of ether oxygens (including phenoxy) is 1. The Bertz CT molecular complexity index is 367. The predicted molar refractivity (Wildman–Crippen MR) is 66.4 cm³/mol. The fourth-order valence-corrected chi connectivity index (χ4v) is 2.25. The van der Waals surface area contributed by atoms with Crippen molar-refractivity contribution in [2.75, 3.05) is 26.8 Å². The minimum atomic E-state index is -0.833. The van der Waals surface area contributed by atoms with Crippen molar-refractivity contribution in [1.29, 1.82) is 0 Å². The number of carbonyl (C=O) groups is 1. The lowest BCUT2D eigenvalue weighted by molar-refractivity contribution is -0.139. The van der Waals surface area contributed by atoms with E-state index in [2.05, 4.69) is 4.98 Å². The number of rotatable bonds is 7. The van der Waals surface area contributed by atoms with Crippen LogP contribution in [0.15, 0.2) is 5.38 Å². The molecule has 1 aromatic heterocycles. The molecule has 0 fully saturated rings. The van der Waals surface area contributed by atoms with Gasteiger partial charge in [-0.1, -0.05) is 0 Å². The Kier molecular flexibility index (Phi) is 5.54. The molecule has 0 saturated carbocycles. The molecule has 0 aliphatic rings. The monoisotopic (exact) mass is 258 g/mol. The van der Waals surface area contributed by atoms with Gasteiger partial charge in [-0.3, -0.25) is 9.69 Å². The molecular formula is C11H18N2O3S. The lowest BCUT2D eigenvalue weighted by Crippen LogP contribution is -2.35. The van der Waals surface area contributed by atoms with E-state index in [9.17, 15) is 4.79 Å². The molecule has 1 unspecified atom stereocenters. The minimum absolute atomic E-state index is 0.00109. The highest BCUT2D eigenvalue weighted by Crippen LogP contribution is 2.21. The number of aliphatic carboxylic acids is 1. The van der Waals surface area contributed by atoms with Crippen LogP contribution in [0.2, 0.25) is 0 Å². The van der Waals surface area contributed by atoms with Gasteiger partial charge in [0.1, 0.15) is 0 Å². The van der Waals surface area contributed by atoms with Crippen LogP contribution < -0.4 is 0 Å². The predicted octanol–water partition coefficient (Wildman–Crippen LogP) is 1.55. The van der Waals surface area contributed by atoms with E-state index in [0.29, 0.717) is 13.2 Å². The van der Waals surface area contributed by atoms with E-state index < -0.39 is 5.97 Å². The lowest BCUT2D eigenvalue weighted by atomic mass is 10.2. The number of carboxylic acid groups (broad SMARTS) is 1. The Morgan fingerprint density at radius 2 is 2.41 bits per heavy atom. The number of aromatic nitrogens is 1. The zero-order chi connectivity index (χ0) is 12.8. The summed E-state index contributed by atoms with van der Waals surface area (Å²) < 4.78 is 4.99. The summed E-state index contributed by atoms with van der Waals surface area (Å²) in [5, 5.41) is 11.9. The molecule has 0 aromatic carbocycles. The number of hydrogen-bond acceptors (Lipinski definition) is 5.